The molecule has 0 aromatic heterocycles. The SMILES string of the molecule is CN1C(=CC(=O)COC(=O)c2ccc(Cl)c(S(=O)(=O)Nc3ccccc3Cl)c2)C(C)(C)c2ccccc21. The predicted octanol–water partition coefficient (Wildman–Crippen LogP) is 5.83. The maximum Gasteiger partial charge on any atom is 0.338 e. The van der Waals surface area contributed by atoms with Crippen LogP contribution in [0.1, 0.15) is 29.8 Å². The molecule has 0 spiro atoms. The standard InChI is InChI=1S/C27H24Cl2N2O5S/c1-27(2)19-8-4-7-11-23(19)31(3)25(27)15-18(32)16-36-26(33)17-12-13-21(29)24(14-17)37(34,35)30-22-10-6-5-9-20(22)28/h4-15,30H,16H2,1-3H3. The molecule has 0 aliphatic carbocycles. The van der Waals surface area contributed by atoms with Gasteiger partial charge in [-0.3, -0.25) is 9.52 Å². The first-order valence-electron chi connectivity index (χ1n) is 11.2. The molecule has 1 N–H and O–H groups in total. The van der Waals surface area contributed by atoms with Crippen LogP contribution in [-0.4, -0.2) is 33.8 Å². The number of sulfonamides is 1. The van der Waals surface area contributed by atoms with Crippen molar-refractivity contribution in [2.75, 3.05) is 23.3 Å². The Balaban J connectivity index is 1.49. The molecule has 3 aromatic carbocycles. The van der Waals surface area contributed by atoms with Gasteiger partial charge in [0.1, 0.15) is 4.90 Å². The minimum Gasteiger partial charge on any atom is -0.454 e. The summed E-state index contributed by atoms with van der Waals surface area (Å²) in [5.74, 6) is -1.27. The molecule has 0 atom stereocenters. The van der Waals surface area contributed by atoms with Gasteiger partial charge < -0.3 is 9.64 Å². The summed E-state index contributed by atoms with van der Waals surface area (Å²) in [5.41, 5.74) is 2.56. The number of ketones is 1. The number of para-hydroxylation sites is 2. The third-order valence-electron chi connectivity index (χ3n) is 6.16. The molecular weight excluding hydrogens is 535 g/mol. The van der Waals surface area contributed by atoms with Crippen LogP contribution in [0.5, 0.6) is 0 Å². The summed E-state index contributed by atoms with van der Waals surface area (Å²) < 4.78 is 33.4. The lowest BCUT2D eigenvalue weighted by Crippen LogP contribution is -2.25. The highest BCUT2D eigenvalue weighted by atomic mass is 35.5. The number of likely N-dealkylation sites (N-methyl/N-ethyl adjacent to an activating group) is 1. The number of carbonyl (C=O) groups is 2. The minimum atomic E-state index is -4.17. The van der Waals surface area contributed by atoms with E-state index in [0.29, 0.717) is 0 Å². The van der Waals surface area contributed by atoms with E-state index in [4.69, 9.17) is 27.9 Å². The highest BCUT2D eigenvalue weighted by Gasteiger charge is 2.38. The van der Waals surface area contributed by atoms with E-state index in [1.165, 1.54) is 30.3 Å². The van der Waals surface area contributed by atoms with Crippen molar-refractivity contribution in [2.24, 2.45) is 0 Å². The van der Waals surface area contributed by atoms with Crippen LogP contribution < -0.4 is 9.62 Å². The molecule has 1 heterocycles. The highest BCUT2D eigenvalue weighted by molar-refractivity contribution is 7.92. The summed E-state index contributed by atoms with van der Waals surface area (Å²) in [4.78, 5) is 27.0. The Bertz CT molecular complexity index is 1530. The maximum absolute atomic E-state index is 12.9. The number of halogens is 2. The Morgan fingerprint density at radius 3 is 2.38 bits per heavy atom. The van der Waals surface area contributed by atoms with E-state index < -0.39 is 33.8 Å². The molecule has 0 saturated carbocycles. The Morgan fingerprint density at radius 2 is 1.68 bits per heavy atom. The molecule has 37 heavy (non-hydrogen) atoms. The number of allylic oxidation sites excluding steroid dienone is 1. The van der Waals surface area contributed by atoms with E-state index in [0.717, 1.165) is 23.0 Å². The maximum atomic E-state index is 12.9. The second-order valence-corrected chi connectivity index (χ2v) is 11.5. The quantitative estimate of drug-likeness (QED) is 0.289. The summed E-state index contributed by atoms with van der Waals surface area (Å²) in [6.45, 7) is 3.53. The topological polar surface area (TPSA) is 92.8 Å². The van der Waals surface area contributed by atoms with Crippen LogP contribution in [0.2, 0.25) is 10.0 Å². The number of rotatable bonds is 7. The third kappa shape index (κ3) is 5.37. The average Bonchev–Trinajstić information content (AvgIpc) is 3.04. The van der Waals surface area contributed by atoms with Crippen LogP contribution in [0, 0.1) is 0 Å². The molecule has 0 saturated heterocycles. The minimum absolute atomic E-state index is 0.0740. The molecule has 0 unspecified atom stereocenters. The first-order valence-corrected chi connectivity index (χ1v) is 13.5. The van der Waals surface area contributed by atoms with Crippen molar-refractivity contribution in [3.05, 3.63) is 99.7 Å². The number of fused-ring (bicyclic) bond motifs is 1. The average molecular weight is 559 g/mol. The van der Waals surface area contributed by atoms with E-state index in [-0.39, 0.29) is 26.2 Å². The van der Waals surface area contributed by atoms with Gasteiger partial charge in [-0.15, -0.1) is 0 Å². The molecule has 3 aromatic rings. The summed E-state index contributed by atoms with van der Waals surface area (Å²) in [6, 6.07) is 17.9. The van der Waals surface area contributed by atoms with Gasteiger partial charge in [-0.2, -0.15) is 0 Å². The summed E-state index contributed by atoms with van der Waals surface area (Å²) >= 11 is 12.2. The molecule has 0 amide bonds. The smallest absolute Gasteiger partial charge is 0.338 e. The molecule has 7 nitrogen and oxygen atoms in total. The number of anilines is 2. The van der Waals surface area contributed by atoms with Gasteiger partial charge in [0.05, 0.1) is 21.3 Å². The van der Waals surface area contributed by atoms with E-state index >= 15 is 0 Å². The zero-order valence-electron chi connectivity index (χ0n) is 20.3. The third-order valence-corrected chi connectivity index (χ3v) is 8.33. The highest BCUT2D eigenvalue weighted by Crippen LogP contribution is 2.46. The van der Waals surface area contributed by atoms with Crippen LogP contribution in [0.25, 0.3) is 0 Å². The van der Waals surface area contributed by atoms with Gasteiger partial charge in [0.2, 0.25) is 0 Å². The van der Waals surface area contributed by atoms with Gasteiger partial charge in [-0.25, -0.2) is 13.2 Å². The number of nitrogens with zero attached hydrogens (tertiary/aromatic N) is 1. The Kier molecular flexibility index (Phi) is 7.37. The fourth-order valence-electron chi connectivity index (χ4n) is 4.25. The summed E-state index contributed by atoms with van der Waals surface area (Å²) in [5, 5.41) is 0.104. The van der Waals surface area contributed by atoms with Crippen LogP contribution in [0.15, 0.2) is 83.4 Å². The number of hydrogen-bond acceptors (Lipinski definition) is 6. The van der Waals surface area contributed by atoms with Crippen molar-refractivity contribution < 1.29 is 22.7 Å². The largest absolute Gasteiger partial charge is 0.454 e. The monoisotopic (exact) mass is 558 g/mol. The van der Waals surface area contributed by atoms with Gasteiger partial charge in [0, 0.05) is 29.9 Å². The van der Waals surface area contributed by atoms with Crippen molar-refractivity contribution in [3.8, 4) is 0 Å². The van der Waals surface area contributed by atoms with Crippen molar-refractivity contribution >= 4 is 56.4 Å². The molecule has 4 rings (SSSR count). The Labute approximate surface area is 225 Å². The van der Waals surface area contributed by atoms with Crippen LogP contribution in [0.4, 0.5) is 11.4 Å². The van der Waals surface area contributed by atoms with Gasteiger partial charge in [0.15, 0.2) is 12.4 Å². The normalized spacial score (nSPS) is 15.4. The van der Waals surface area contributed by atoms with Crippen molar-refractivity contribution in [1.82, 2.24) is 0 Å². The lowest BCUT2D eigenvalue weighted by Gasteiger charge is -2.23. The molecule has 1 aliphatic rings. The first-order chi connectivity index (χ1) is 17.4. The van der Waals surface area contributed by atoms with Crippen LogP contribution in [0.3, 0.4) is 0 Å². The molecule has 10 heteroatoms. The number of ether oxygens (including phenoxy) is 1. The van der Waals surface area contributed by atoms with Gasteiger partial charge in [-0.1, -0.05) is 67.4 Å². The van der Waals surface area contributed by atoms with Gasteiger partial charge in [0.25, 0.3) is 10.0 Å². The van der Waals surface area contributed by atoms with Gasteiger partial charge >= 0.3 is 5.97 Å². The van der Waals surface area contributed by atoms with E-state index in [9.17, 15) is 18.0 Å². The fraction of sp³-hybridized carbons (Fsp3) is 0.185. The van der Waals surface area contributed by atoms with Crippen LogP contribution in [-0.2, 0) is 25.0 Å². The Hall–Kier alpha value is -3.33. The van der Waals surface area contributed by atoms with E-state index in [2.05, 4.69) is 4.72 Å². The van der Waals surface area contributed by atoms with Gasteiger partial charge in [-0.05, 0) is 42.0 Å². The number of hydrogen-bond donors (Lipinski definition) is 1. The zero-order chi connectivity index (χ0) is 27.0. The molecule has 192 valence electrons. The van der Waals surface area contributed by atoms with Crippen LogP contribution >= 0.6 is 23.2 Å². The molecular formula is C27H24Cl2N2O5S. The summed E-state index contributed by atoms with van der Waals surface area (Å²) in [7, 11) is -2.29. The number of esters is 1. The number of nitrogens with one attached hydrogen (secondary N) is 1. The number of benzene rings is 3. The summed E-state index contributed by atoms with van der Waals surface area (Å²) in [6.07, 6.45) is 1.47. The molecule has 0 radical (unpaired) electrons. The first kappa shape index (κ1) is 26.7. The van der Waals surface area contributed by atoms with Crippen molar-refractivity contribution in [3.63, 3.8) is 0 Å². The second-order valence-electron chi connectivity index (χ2n) is 9.00. The zero-order valence-corrected chi connectivity index (χ0v) is 22.6. The second kappa shape index (κ2) is 10.2. The van der Waals surface area contributed by atoms with E-state index in [1.54, 1.807) is 12.1 Å². The molecule has 0 bridgehead atoms. The lowest BCUT2D eigenvalue weighted by molar-refractivity contribution is -0.117. The van der Waals surface area contributed by atoms with Crippen molar-refractivity contribution in [1.29, 1.82) is 0 Å². The number of carbonyl (C=O) groups excluding carboxylic acids is 2. The fourth-order valence-corrected chi connectivity index (χ4v) is 6.10. The Morgan fingerprint density at radius 1 is 1.00 bits per heavy atom. The van der Waals surface area contributed by atoms with Crippen molar-refractivity contribution in [2.45, 2.75) is 24.2 Å². The predicted molar refractivity (Wildman–Crippen MR) is 145 cm³/mol. The van der Waals surface area contributed by atoms with E-state index in [1.807, 2.05) is 50.1 Å². The molecule has 1 aliphatic heterocycles. The molecule has 0 fully saturated rings. The lowest BCUT2D eigenvalue weighted by atomic mass is 9.83.